The molecule has 0 saturated carbocycles. The number of rotatable bonds is 14. The molecule has 1 aromatic heterocycles. The van der Waals surface area contributed by atoms with Crippen LogP contribution in [0.4, 0.5) is 5.82 Å². The van der Waals surface area contributed by atoms with E-state index in [1.54, 1.807) is 26.0 Å². The zero-order valence-electron chi connectivity index (χ0n) is 23.1. The summed E-state index contributed by atoms with van der Waals surface area (Å²) in [6.45, 7) is 7.80. The number of hydrogen-bond acceptors (Lipinski definition) is 10. The number of carbonyl (C=O) groups is 1. The lowest BCUT2D eigenvalue weighted by Crippen LogP contribution is -2.15. The zero-order chi connectivity index (χ0) is 29.3. The molecule has 0 fully saturated rings. The minimum absolute atomic E-state index is 0.0449. The van der Waals surface area contributed by atoms with Crippen LogP contribution in [0.2, 0.25) is 0 Å². The topological polar surface area (TPSA) is 143 Å². The van der Waals surface area contributed by atoms with Crippen LogP contribution in [-0.2, 0) is 29.6 Å². The first-order chi connectivity index (χ1) is 18.9. The van der Waals surface area contributed by atoms with E-state index in [2.05, 4.69) is 15.3 Å². The van der Waals surface area contributed by atoms with Crippen LogP contribution in [0.3, 0.4) is 0 Å². The summed E-state index contributed by atoms with van der Waals surface area (Å²) in [6, 6.07) is 10.7. The molecule has 0 aliphatic heterocycles. The number of nitrogens with one attached hydrogen (secondary N) is 1. The summed E-state index contributed by atoms with van der Waals surface area (Å²) in [6.07, 6.45) is 4.48. The number of hydrogen-bond donors (Lipinski definition) is 1. The van der Waals surface area contributed by atoms with E-state index in [9.17, 15) is 17.8 Å². The van der Waals surface area contributed by atoms with Crippen LogP contribution in [0.5, 0.6) is 17.2 Å². The van der Waals surface area contributed by atoms with E-state index in [1.807, 2.05) is 13.8 Å². The lowest BCUT2D eigenvalue weighted by molar-refractivity contribution is 0.102. The minimum atomic E-state index is -3.35. The number of aromatic nitrogens is 2. The Hall–Kier alpha value is -3.31. The third-order valence-electron chi connectivity index (χ3n) is 5.50. The maximum absolute atomic E-state index is 13.1. The summed E-state index contributed by atoms with van der Waals surface area (Å²) in [7, 11) is -6.69. The molecule has 0 unspecified atom stereocenters. The van der Waals surface area contributed by atoms with Crippen LogP contribution < -0.4 is 14.8 Å². The van der Waals surface area contributed by atoms with Gasteiger partial charge in [0, 0.05) is 17.9 Å². The molecule has 1 atom stereocenters. The molecule has 0 saturated heterocycles. The second kappa shape index (κ2) is 13.8. The Morgan fingerprint density at radius 2 is 1.60 bits per heavy atom. The Labute approximate surface area is 234 Å². The highest BCUT2D eigenvalue weighted by Crippen LogP contribution is 2.50. The van der Waals surface area contributed by atoms with Crippen molar-refractivity contribution in [3.63, 3.8) is 0 Å². The van der Waals surface area contributed by atoms with Crippen molar-refractivity contribution < 1.29 is 36.3 Å². The summed E-state index contributed by atoms with van der Waals surface area (Å²) < 4.78 is 58.7. The predicted molar refractivity (Wildman–Crippen MR) is 151 cm³/mol. The van der Waals surface area contributed by atoms with Gasteiger partial charge in [0.15, 0.2) is 15.7 Å². The molecule has 2 aromatic carbocycles. The maximum Gasteiger partial charge on any atom is 0.336 e. The number of benzene rings is 2. The summed E-state index contributed by atoms with van der Waals surface area (Å²) in [4.78, 5) is 21.7. The minimum Gasteiger partial charge on any atom is -0.491 e. The summed E-state index contributed by atoms with van der Waals surface area (Å²) in [5.74, 6) is 0.833. The van der Waals surface area contributed by atoms with Gasteiger partial charge in [0.1, 0.15) is 17.2 Å². The van der Waals surface area contributed by atoms with Gasteiger partial charge in [-0.3, -0.25) is 14.3 Å². The fourth-order valence-corrected chi connectivity index (χ4v) is 5.68. The summed E-state index contributed by atoms with van der Waals surface area (Å²) in [5.41, 5.74) is 0.636. The molecule has 3 aromatic rings. The van der Waals surface area contributed by atoms with E-state index in [0.717, 1.165) is 12.7 Å². The molecule has 13 heteroatoms. The van der Waals surface area contributed by atoms with Crippen molar-refractivity contribution in [1.82, 2.24) is 9.97 Å². The lowest BCUT2D eigenvalue weighted by atomic mass is 10.1. The van der Waals surface area contributed by atoms with Crippen molar-refractivity contribution in [2.45, 2.75) is 51.3 Å². The first-order valence-corrected chi connectivity index (χ1v) is 16.4. The van der Waals surface area contributed by atoms with E-state index in [1.165, 1.54) is 42.7 Å². The first-order valence-electron chi connectivity index (χ1n) is 12.7. The number of nitrogens with zero attached hydrogens (tertiary/aromatic N) is 2. The molecule has 216 valence electrons. The highest BCUT2D eigenvalue weighted by Gasteiger charge is 2.25. The largest absolute Gasteiger partial charge is 0.491 e. The van der Waals surface area contributed by atoms with Gasteiger partial charge in [-0.05, 0) is 63.6 Å². The molecule has 0 radical (unpaired) electrons. The second-order valence-corrected chi connectivity index (χ2v) is 12.9. The Balaban J connectivity index is 1.80. The monoisotopic (exact) mass is 591 g/mol. The van der Waals surface area contributed by atoms with Gasteiger partial charge >= 0.3 is 7.60 Å². The van der Waals surface area contributed by atoms with E-state index >= 15 is 0 Å². The zero-order valence-corrected chi connectivity index (χ0v) is 24.8. The van der Waals surface area contributed by atoms with Crippen molar-refractivity contribution >= 4 is 29.2 Å². The predicted octanol–water partition coefficient (Wildman–Crippen LogP) is 5.87. The van der Waals surface area contributed by atoms with Crippen molar-refractivity contribution in [3.8, 4) is 17.2 Å². The van der Waals surface area contributed by atoms with Gasteiger partial charge < -0.3 is 23.8 Å². The quantitative estimate of drug-likeness (QED) is 0.226. The molecule has 0 aliphatic rings. The lowest BCUT2D eigenvalue weighted by Gasteiger charge is -2.16. The van der Waals surface area contributed by atoms with Gasteiger partial charge in [-0.25, -0.2) is 13.4 Å². The van der Waals surface area contributed by atoms with E-state index in [4.69, 9.17) is 18.5 Å². The maximum atomic E-state index is 13.1. The van der Waals surface area contributed by atoms with Crippen LogP contribution in [0, 0.1) is 0 Å². The molecule has 1 heterocycles. The van der Waals surface area contributed by atoms with Crippen molar-refractivity contribution in [1.29, 1.82) is 0 Å². The SMILES string of the molecule is CCOP(=O)(Cc1cnc(NC(=O)c2cc(Oc3ccc(S(C)(=O)=O)cc3)cc(O[C@@H](C)CC)c2)cn1)OCC. The molecule has 1 N–H and O–H groups in total. The van der Waals surface area contributed by atoms with E-state index in [0.29, 0.717) is 22.9 Å². The average Bonchev–Trinajstić information content (AvgIpc) is 2.89. The molecule has 3 rings (SSSR count). The highest BCUT2D eigenvalue weighted by molar-refractivity contribution is 7.90. The third-order valence-corrected chi connectivity index (χ3v) is 8.64. The van der Waals surface area contributed by atoms with Crippen molar-refractivity contribution in [2.24, 2.45) is 0 Å². The first kappa shape index (κ1) is 31.2. The van der Waals surface area contributed by atoms with Crippen molar-refractivity contribution in [2.75, 3.05) is 24.8 Å². The normalized spacial score (nSPS) is 12.5. The van der Waals surface area contributed by atoms with E-state index in [-0.39, 0.29) is 41.8 Å². The standard InChI is InChI=1S/C27H34N3O8PS/c1-6-19(4)37-23-13-20(14-24(15-23)38-22-9-11-25(12-10-22)40(5,33)34)27(31)30-26-17-28-21(16-29-26)18-39(32,35-7-2)36-8-3/h9-17,19H,6-8,18H2,1-5H3,(H,29,30,31)/t19-/m0/s1. The Morgan fingerprint density at radius 1 is 0.950 bits per heavy atom. The second-order valence-electron chi connectivity index (χ2n) is 8.83. The van der Waals surface area contributed by atoms with Crippen LogP contribution in [0.25, 0.3) is 0 Å². The molecule has 0 bridgehead atoms. The van der Waals surface area contributed by atoms with Crippen LogP contribution in [0.1, 0.15) is 50.2 Å². The van der Waals surface area contributed by atoms with Gasteiger partial charge in [0.2, 0.25) is 0 Å². The fraction of sp³-hybridized carbons (Fsp3) is 0.370. The third kappa shape index (κ3) is 9.12. The molecule has 0 spiro atoms. The number of amides is 1. The Morgan fingerprint density at radius 3 is 2.15 bits per heavy atom. The number of carbonyl (C=O) groups excluding carboxylic acids is 1. The molecular formula is C27H34N3O8PS. The van der Waals surface area contributed by atoms with Crippen LogP contribution in [0.15, 0.2) is 59.8 Å². The van der Waals surface area contributed by atoms with E-state index < -0.39 is 23.3 Å². The molecule has 40 heavy (non-hydrogen) atoms. The van der Waals surface area contributed by atoms with Gasteiger partial charge in [-0.2, -0.15) is 0 Å². The Bertz CT molecular complexity index is 1440. The molecule has 0 aliphatic carbocycles. The average molecular weight is 592 g/mol. The number of anilines is 1. The summed E-state index contributed by atoms with van der Waals surface area (Å²) in [5, 5.41) is 2.69. The number of ether oxygens (including phenoxy) is 2. The number of sulfone groups is 1. The molecule has 11 nitrogen and oxygen atoms in total. The van der Waals surface area contributed by atoms with Crippen LogP contribution in [-0.4, -0.2) is 49.9 Å². The Kier molecular flexibility index (Phi) is 10.8. The van der Waals surface area contributed by atoms with Gasteiger partial charge in [-0.1, -0.05) is 6.92 Å². The smallest absolute Gasteiger partial charge is 0.336 e. The van der Waals surface area contributed by atoms with Crippen LogP contribution >= 0.6 is 7.60 Å². The van der Waals surface area contributed by atoms with Gasteiger partial charge in [-0.15, -0.1) is 0 Å². The summed E-state index contributed by atoms with van der Waals surface area (Å²) >= 11 is 0. The highest BCUT2D eigenvalue weighted by atomic mass is 32.2. The molecular weight excluding hydrogens is 557 g/mol. The van der Waals surface area contributed by atoms with Crippen molar-refractivity contribution in [3.05, 3.63) is 66.1 Å². The molecule has 1 amide bonds. The van der Waals surface area contributed by atoms with Gasteiger partial charge in [0.05, 0.1) is 48.5 Å². The van der Waals surface area contributed by atoms with Gasteiger partial charge in [0.25, 0.3) is 5.91 Å². The fourth-order valence-electron chi connectivity index (χ4n) is 3.45.